The highest BCUT2D eigenvalue weighted by Gasteiger charge is 2.22. The van der Waals surface area contributed by atoms with E-state index in [4.69, 9.17) is 19.0 Å². The molecule has 2 N–H and O–H groups in total. The van der Waals surface area contributed by atoms with Gasteiger partial charge in [0.25, 0.3) is 0 Å². The first-order chi connectivity index (χ1) is 10.4. The average Bonchev–Trinajstić information content (AvgIpc) is 2.34. The quantitative estimate of drug-likeness (QED) is 0.184. The van der Waals surface area contributed by atoms with Gasteiger partial charge in [-0.15, -0.1) is 0 Å². The van der Waals surface area contributed by atoms with Crippen molar-refractivity contribution in [3.8, 4) is 0 Å². The zero-order valence-electron chi connectivity index (χ0n) is 14.7. The number of hydrogen-bond donors (Lipinski definition) is 2. The molecule has 7 nitrogen and oxygen atoms in total. The number of esters is 1. The number of unbranched alkanes of at least 4 members (excludes halogenated alkanes) is 1. The number of hydrogen-bond acceptors (Lipinski definition) is 4. The molecule has 1 unspecified atom stereocenters. The summed E-state index contributed by atoms with van der Waals surface area (Å²) in [6.07, 6.45) is 2.73. The summed E-state index contributed by atoms with van der Waals surface area (Å²) in [4.78, 5) is 29.2. The fourth-order valence-corrected chi connectivity index (χ4v) is 2.60. The molecule has 8 heteroatoms. The smallest absolute Gasteiger partial charge is 0.462 e. The Morgan fingerprint density at radius 1 is 1.17 bits per heavy atom. The van der Waals surface area contributed by atoms with Crippen LogP contribution in [0.3, 0.4) is 0 Å². The molecule has 0 aliphatic rings. The van der Waals surface area contributed by atoms with E-state index in [9.17, 15) is 9.36 Å². The Morgan fingerprint density at radius 3 is 2.22 bits per heavy atom. The Bertz CT molecular complexity index is 426. The molecule has 0 aromatic carbocycles. The van der Waals surface area contributed by atoms with Crippen LogP contribution in [-0.2, 0) is 18.6 Å². The van der Waals surface area contributed by atoms with Crippen molar-refractivity contribution in [3.63, 3.8) is 0 Å². The van der Waals surface area contributed by atoms with E-state index in [0.717, 1.165) is 17.4 Å². The summed E-state index contributed by atoms with van der Waals surface area (Å²) >= 11 is 0. The standard InChI is InChI=1S/C15H30NO6P/c1-13(2)15(17)21-12-7-6-9-14(22-23(18,19)20)10-8-11-16(3,4)5/h14H,1,6-12H2,2-5H3,(H-,18,19,20)/p+1. The Kier molecular flexibility index (Phi) is 9.89. The number of rotatable bonds is 12. The molecule has 0 saturated heterocycles. The van der Waals surface area contributed by atoms with Crippen molar-refractivity contribution in [1.82, 2.24) is 0 Å². The maximum absolute atomic E-state index is 11.2. The molecule has 0 spiro atoms. The van der Waals surface area contributed by atoms with Crippen LogP contribution in [-0.4, -0.2) is 60.6 Å². The van der Waals surface area contributed by atoms with Gasteiger partial charge < -0.3 is 19.0 Å². The molecular formula is C15H31NO6P+. The lowest BCUT2D eigenvalue weighted by Crippen LogP contribution is -2.35. The van der Waals surface area contributed by atoms with E-state index in [0.29, 0.717) is 31.3 Å². The molecule has 1 atom stereocenters. The third-order valence-corrected chi connectivity index (χ3v) is 3.72. The lowest BCUT2D eigenvalue weighted by atomic mass is 10.1. The lowest BCUT2D eigenvalue weighted by molar-refractivity contribution is -0.870. The van der Waals surface area contributed by atoms with Gasteiger partial charge in [-0.1, -0.05) is 6.58 Å². The van der Waals surface area contributed by atoms with Gasteiger partial charge in [-0.05, 0) is 39.0 Å². The van der Waals surface area contributed by atoms with E-state index >= 15 is 0 Å². The van der Waals surface area contributed by atoms with Gasteiger partial charge in [-0.25, -0.2) is 9.36 Å². The first-order valence-electron chi connectivity index (χ1n) is 7.78. The van der Waals surface area contributed by atoms with Crippen molar-refractivity contribution < 1.29 is 32.9 Å². The second kappa shape index (κ2) is 10.2. The lowest BCUT2D eigenvalue weighted by Gasteiger charge is -2.25. The predicted molar refractivity (Wildman–Crippen MR) is 88.7 cm³/mol. The third-order valence-electron chi connectivity index (χ3n) is 3.14. The van der Waals surface area contributed by atoms with Crippen LogP contribution in [0.5, 0.6) is 0 Å². The van der Waals surface area contributed by atoms with Crippen molar-refractivity contribution in [1.29, 1.82) is 0 Å². The molecule has 0 radical (unpaired) electrons. The predicted octanol–water partition coefficient (Wildman–Crippen LogP) is 2.24. The third kappa shape index (κ3) is 14.6. The maximum atomic E-state index is 11.2. The summed E-state index contributed by atoms with van der Waals surface area (Å²) < 4.78 is 21.7. The number of carbonyl (C=O) groups excluding carboxylic acids is 1. The van der Waals surface area contributed by atoms with Gasteiger partial charge in [-0.3, -0.25) is 4.52 Å². The summed E-state index contributed by atoms with van der Waals surface area (Å²) in [5.74, 6) is -0.420. The van der Waals surface area contributed by atoms with Crippen molar-refractivity contribution in [2.24, 2.45) is 0 Å². The second-order valence-electron chi connectivity index (χ2n) is 6.79. The Morgan fingerprint density at radius 2 is 1.74 bits per heavy atom. The van der Waals surface area contributed by atoms with Crippen LogP contribution in [0.1, 0.15) is 39.0 Å². The zero-order valence-corrected chi connectivity index (χ0v) is 15.6. The summed E-state index contributed by atoms with van der Waals surface area (Å²) in [5.41, 5.74) is 0.355. The van der Waals surface area contributed by atoms with Crippen LogP contribution < -0.4 is 0 Å². The monoisotopic (exact) mass is 352 g/mol. The number of quaternary nitrogens is 1. The largest absolute Gasteiger partial charge is 0.469 e. The van der Waals surface area contributed by atoms with Crippen molar-refractivity contribution in [2.75, 3.05) is 34.3 Å². The molecule has 0 rings (SSSR count). The summed E-state index contributed by atoms with van der Waals surface area (Å²) in [7, 11) is 1.70. The van der Waals surface area contributed by atoms with E-state index in [2.05, 4.69) is 27.7 Å². The molecule has 0 aliphatic carbocycles. The minimum Gasteiger partial charge on any atom is -0.462 e. The van der Waals surface area contributed by atoms with Crippen LogP contribution in [0.15, 0.2) is 12.2 Å². The summed E-state index contributed by atoms with van der Waals surface area (Å²) in [6, 6.07) is 0. The van der Waals surface area contributed by atoms with Gasteiger partial charge in [-0.2, -0.15) is 0 Å². The molecule has 136 valence electrons. The SMILES string of the molecule is C=C(C)C(=O)OCCCCC(CCC[N+](C)(C)C)OP(=O)(O)O. The molecule has 0 heterocycles. The Balaban J connectivity index is 4.14. The van der Waals surface area contributed by atoms with Gasteiger partial charge in [0.05, 0.1) is 40.4 Å². The molecule has 23 heavy (non-hydrogen) atoms. The van der Waals surface area contributed by atoms with Gasteiger partial charge >= 0.3 is 13.8 Å². The van der Waals surface area contributed by atoms with Crippen molar-refractivity contribution >= 4 is 13.8 Å². The molecule has 0 bridgehead atoms. The minimum absolute atomic E-state index is 0.271. The highest BCUT2D eigenvalue weighted by atomic mass is 31.2. The fraction of sp³-hybridized carbons (Fsp3) is 0.800. The molecule has 0 fully saturated rings. The average molecular weight is 352 g/mol. The molecule has 0 saturated carbocycles. The molecular weight excluding hydrogens is 321 g/mol. The van der Waals surface area contributed by atoms with Gasteiger partial charge in [0.1, 0.15) is 0 Å². The van der Waals surface area contributed by atoms with Crippen LogP contribution in [0, 0.1) is 0 Å². The molecule has 0 aliphatic heterocycles. The van der Waals surface area contributed by atoms with E-state index in [-0.39, 0.29) is 6.61 Å². The summed E-state index contributed by atoms with van der Waals surface area (Å²) in [5, 5.41) is 0. The van der Waals surface area contributed by atoms with Crippen molar-refractivity contribution in [3.05, 3.63) is 12.2 Å². The normalized spacial score (nSPS) is 13.7. The van der Waals surface area contributed by atoms with E-state index < -0.39 is 19.9 Å². The fourth-order valence-electron chi connectivity index (χ4n) is 2.00. The summed E-state index contributed by atoms with van der Waals surface area (Å²) in [6.45, 7) is 6.25. The Hall–Kier alpha value is -0.720. The zero-order chi connectivity index (χ0) is 18.1. The highest BCUT2D eigenvalue weighted by Crippen LogP contribution is 2.39. The van der Waals surface area contributed by atoms with Crippen LogP contribution in [0.25, 0.3) is 0 Å². The van der Waals surface area contributed by atoms with Gasteiger partial charge in [0, 0.05) is 5.57 Å². The van der Waals surface area contributed by atoms with Gasteiger partial charge in [0.2, 0.25) is 0 Å². The number of phosphoric acid groups is 1. The van der Waals surface area contributed by atoms with Gasteiger partial charge in [0.15, 0.2) is 0 Å². The number of ether oxygens (including phenoxy) is 1. The second-order valence-corrected chi connectivity index (χ2v) is 7.98. The molecule has 0 amide bonds. The first kappa shape index (κ1) is 22.3. The Labute approximate surface area is 139 Å². The van der Waals surface area contributed by atoms with E-state index in [1.54, 1.807) is 6.92 Å². The van der Waals surface area contributed by atoms with E-state index in [1.165, 1.54) is 0 Å². The number of phosphoric ester groups is 1. The molecule has 0 aromatic rings. The van der Waals surface area contributed by atoms with E-state index in [1.807, 2.05) is 0 Å². The van der Waals surface area contributed by atoms with Crippen molar-refractivity contribution in [2.45, 2.75) is 45.1 Å². The topological polar surface area (TPSA) is 93.1 Å². The highest BCUT2D eigenvalue weighted by molar-refractivity contribution is 7.46. The number of carbonyl (C=O) groups is 1. The molecule has 0 aromatic heterocycles. The first-order valence-corrected chi connectivity index (χ1v) is 9.31. The minimum atomic E-state index is -4.49. The van der Waals surface area contributed by atoms with Crippen LogP contribution in [0.4, 0.5) is 0 Å². The maximum Gasteiger partial charge on any atom is 0.469 e. The number of nitrogens with zero attached hydrogens (tertiary/aromatic N) is 1. The van der Waals surface area contributed by atoms with Crippen LogP contribution in [0.2, 0.25) is 0 Å². The van der Waals surface area contributed by atoms with Crippen LogP contribution >= 0.6 is 7.82 Å².